The van der Waals surface area contributed by atoms with Gasteiger partial charge in [-0.2, -0.15) is 5.26 Å². The fourth-order valence-corrected chi connectivity index (χ4v) is 7.59. The van der Waals surface area contributed by atoms with Crippen LogP contribution in [0.5, 0.6) is 0 Å². The van der Waals surface area contributed by atoms with Crippen LogP contribution in [-0.2, 0) is 25.3 Å². The Morgan fingerprint density at radius 3 is 2.90 bits per heavy atom. The zero-order chi connectivity index (χ0) is 27.4. The zero-order valence-electron chi connectivity index (χ0n) is 22.9. The third kappa shape index (κ3) is 4.50. The SMILES string of the molecule is CC1(C)[C@@H]2C[C@H]3OB([C@H](Cc4coc5ccccc45)NC(=O)OC[C@H]4CCCN4C(=O)CC#N)O[C@@]3(C)[C@H]1C2. The molecule has 206 valence electrons. The van der Waals surface area contributed by atoms with Crippen molar-refractivity contribution in [1.29, 1.82) is 5.26 Å². The van der Waals surface area contributed by atoms with Crippen LogP contribution in [0.2, 0.25) is 0 Å². The van der Waals surface area contributed by atoms with Gasteiger partial charge in [-0.3, -0.25) is 4.79 Å². The van der Waals surface area contributed by atoms with Crippen LogP contribution in [0, 0.1) is 28.6 Å². The van der Waals surface area contributed by atoms with Gasteiger partial charge in [0.1, 0.15) is 18.6 Å². The molecule has 3 heterocycles. The van der Waals surface area contributed by atoms with Crippen molar-refractivity contribution >= 4 is 30.1 Å². The molecule has 1 aromatic carbocycles. The molecule has 0 unspecified atom stereocenters. The number of para-hydroxylation sites is 1. The van der Waals surface area contributed by atoms with Crippen molar-refractivity contribution in [3.8, 4) is 6.07 Å². The second-order valence-corrected chi connectivity index (χ2v) is 12.4. The zero-order valence-corrected chi connectivity index (χ0v) is 22.9. The van der Waals surface area contributed by atoms with Gasteiger partial charge in [0, 0.05) is 11.9 Å². The van der Waals surface area contributed by atoms with Crippen LogP contribution < -0.4 is 5.32 Å². The van der Waals surface area contributed by atoms with E-state index in [4.69, 9.17) is 23.7 Å². The number of hydrogen-bond donors (Lipinski definition) is 1. The summed E-state index contributed by atoms with van der Waals surface area (Å²) in [7, 11) is -0.628. The summed E-state index contributed by atoms with van der Waals surface area (Å²) in [5.74, 6) is 0.301. The van der Waals surface area contributed by atoms with E-state index in [1.807, 2.05) is 30.3 Å². The highest BCUT2D eigenvalue weighted by Gasteiger charge is 2.68. The van der Waals surface area contributed by atoms with Crippen molar-refractivity contribution in [3.05, 3.63) is 36.1 Å². The molecule has 7 rings (SSSR count). The number of benzene rings is 1. The first-order valence-corrected chi connectivity index (χ1v) is 14.1. The first kappa shape index (κ1) is 26.2. The molecular formula is C29H36BN3O6. The molecule has 10 heteroatoms. The van der Waals surface area contributed by atoms with Gasteiger partial charge in [0.25, 0.3) is 0 Å². The topological polar surface area (TPSA) is 114 Å². The fraction of sp³-hybridized carbons (Fsp3) is 0.621. The molecule has 2 saturated heterocycles. The quantitative estimate of drug-likeness (QED) is 0.530. The lowest BCUT2D eigenvalue weighted by Crippen LogP contribution is -2.65. The maximum atomic E-state index is 13.1. The summed E-state index contributed by atoms with van der Waals surface area (Å²) in [6, 6.07) is 9.51. The monoisotopic (exact) mass is 533 g/mol. The predicted octanol–water partition coefficient (Wildman–Crippen LogP) is 4.24. The minimum atomic E-state index is -0.628. The summed E-state index contributed by atoms with van der Waals surface area (Å²) >= 11 is 0. The van der Waals surface area contributed by atoms with E-state index in [-0.39, 0.29) is 36.5 Å². The van der Waals surface area contributed by atoms with Crippen molar-refractivity contribution in [2.75, 3.05) is 13.2 Å². The molecule has 3 aliphatic carbocycles. The number of furan rings is 1. The van der Waals surface area contributed by atoms with E-state index in [1.54, 1.807) is 11.2 Å². The molecule has 9 nitrogen and oxygen atoms in total. The molecule has 39 heavy (non-hydrogen) atoms. The number of rotatable bonds is 7. The average molecular weight is 533 g/mol. The molecule has 3 saturated carbocycles. The maximum absolute atomic E-state index is 13.1. The lowest BCUT2D eigenvalue weighted by molar-refractivity contribution is -0.199. The molecule has 6 atom stereocenters. The molecule has 5 aliphatic rings. The van der Waals surface area contributed by atoms with E-state index in [9.17, 15) is 9.59 Å². The number of nitrogens with one attached hydrogen (secondary N) is 1. The maximum Gasteiger partial charge on any atom is 0.482 e. The summed E-state index contributed by atoms with van der Waals surface area (Å²) in [6.45, 7) is 7.46. The van der Waals surface area contributed by atoms with Crippen molar-refractivity contribution in [1.82, 2.24) is 10.2 Å². The van der Waals surface area contributed by atoms with Gasteiger partial charge >= 0.3 is 13.2 Å². The Morgan fingerprint density at radius 2 is 2.10 bits per heavy atom. The lowest BCUT2D eigenvalue weighted by Gasteiger charge is -2.64. The number of likely N-dealkylation sites (tertiary alicyclic amines) is 1. The van der Waals surface area contributed by atoms with Crippen LogP contribution in [0.3, 0.4) is 0 Å². The van der Waals surface area contributed by atoms with Crippen molar-refractivity contribution in [2.45, 2.75) is 83.0 Å². The summed E-state index contributed by atoms with van der Waals surface area (Å²) in [6.07, 6.45) is 5.08. The van der Waals surface area contributed by atoms with Crippen molar-refractivity contribution in [3.63, 3.8) is 0 Å². The number of nitriles is 1. The molecule has 1 aromatic heterocycles. The normalized spacial score (nSPS) is 31.3. The highest BCUT2D eigenvalue weighted by molar-refractivity contribution is 6.48. The van der Waals surface area contributed by atoms with Gasteiger partial charge in [0.15, 0.2) is 0 Å². The molecular weight excluding hydrogens is 497 g/mol. The van der Waals surface area contributed by atoms with E-state index in [2.05, 4.69) is 26.1 Å². The van der Waals surface area contributed by atoms with Gasteiger partial charge in [-0.05, 0) is 67.9 Å². The average Bonchev–Trinajstić information content (AvgIpc) is 3.63. The Hall–Kier alpha value is -3.03. The number of alkyl carbamates (subject to hydrolysis) is 1. The number of hydrogen-bond acceptors (Lipinski definition) is 7. The summed E-state index contributed by atoms with van der Waals surface area (Å²) < 4.78 is 24.6. The van der Waals surface area contributed by atoms with Crippen molar-refractivity contribution < 1.29 is 28.1 Å². The fourth-order valence-electron chi connectivity index (χ4n) is 7.59. The molecule has 2 aliphatic heterocycles. The Kier molecular flexibility index (Phi) is 6.63. The van der Waals surface area contributed by atoms with Crippen LogP contribution >= 0.6 is 0 Å². The second kappa shape index (κ2) is 9.86. The highest BCUT2D eigenvalue weighted by atomic mass is 16.7. The number of ether oxygens (including phenoxy) is 1. The standard InChI is InChI=1S/C29H36BN3O6/c1-28(2)19-14-23(28)29(3)24(15-19)38-30(39-29)25(13-18-16-36-22-9-5-4-8-21(18)22)32-27(35)37-17-20-7-6-12-33(20)26(34)10-11-31/h4-5,8-9,16,19-20,23-25H,6-7,10,12-15,17H2,1-3H3,(H,32,35)/t19-,20+,23-,24+,25-,29-/m0/s1. The minimum Gasteiger partial charge on any atom is -0.464 e. The van der Waals surface area contributed by atoms with Gasteiger partial charge in [-0.1, -0.05) is 32.0 Å². The largest absolute Gasteiger partial charge is 0.482 e. The third-order valence-corrected chi connectivity index (χ3v) is 9.94. The number of nitrogens with zero attached hydrogens (tertiary/aromatic N) is 2. The van der Waals surface area contributed by atoms with Crippen molar-refractivity contribution in [2.24, 2.45) is 17.3 Å². The number of fused-ring (bicyclic) bond motifs is 1. The first-order chi connectivity index (χ1) is 18.7. The number of amides is 2. The third-order valence-electron chi connectivity index (χ3n) is 9.94. The molecule has 5 fully saturated rings. The Morgan fingerprint density at radius 1 is 1.28 bits per heavy atom. The van der Waals surface area contributed by atoms with Crippen LogP contribution in [0.15, 0.2) is 34.9 Å². The van der Waals surface area contributed by atoms with E-state index in [0.717, 1.165) is 42.2 Å². The molecule has 1 N–H and O–H groups in total. The first-order valence-electron chi connectivity index (χ1n) is 14.1. The van der Waals surface area contributed by atoms with Crippen LogP contribution in [0.4, 0.5) is 4.79 Å². The Balaban J connectivity index is 1.17. The number of carbonyl (C=O) groups excluding carboxylic acids is 2. The van der Waals surface area contributed by atoms with Gasteiger partial charge in [-0.15, -0.1) is 0 Å². The van der Waals surface area contributed by atoms with Gasteiger partial charge < -0.3 is 28.7 Å². The molecule has 0 radical (unpaired) electrons. The molecule has 2 amide bonds. The van der Waals surface area contributed by atoms with Gasteiger partial charge in [-0.25, -0.2) is 4.79 Å². The summed E-state index contributed by atoms with van der Waals surface area (Å²) in [5, 5.41) is 12.9. The highest BCUT2D eigenvalue weighted by Crippen LogP contribution is 2.65. The summed E-state index contributed by atoms with van der Waals surface area (Å²) in [5.41, 5.74) is 1.55. The Bertz CT molecular complexity index is 1310. The van der Waals surface area contributed by atoms with E-state index < -0.39 is 24.8 Å². The lowest BCUT2D eigenvalue weighted by atomic mass is 9.43. The van der Waals surface area contributed by atoms with E-state index in [0.29, 0.717) is 24.8 Å². The molecule has 0 spiro atoms. The summed E-state index contributed by atoms with van der Waals surface area (Å²) in [4.78, 5) is 27.0. The molecule has 2 bridgehead atoms. The predicted molar refractivity (Wildman–Crippen MR) is 143 cm³/mol. The second-order valence-electron chi connectivity index (χ2n) is 12.4. The van der Waals surface area contributed by atoms with Gasteiger partial charge in [0.05, 0.1) is 36.0 Å². The molecule has 2 aromatic rings. The minimum absolute atomic E-state index is 0.0149. The van der Waals surface area contributed by atoms with E-state index in [1.165, 1.54) is 0 Å². The number of carbonyl (C=O) groups is 2. The van der Waals surface area contributed by atoms with Gasteiger partial charge in [0.2, 0.25) is 5.91 Å². The van der Waals surface area contributed by atoms with Crippen LogP contribution in [0.1, 0.15) is 58.4 Å². The van der Waals surface area contributed by atoms with E-state index >= 15 is 0 Å². The van der Waals surface area contributed by atoms with Crippen LogP contribution in [0.25, 0.3) is 11.0 Å². The Labute approximate surface area is 229 Å². The smallest absolute Gasteiger partial charge is 0.464 e. The van der Waals surface area contributed by atoms with Crippen LogP contribution in [-0.4, -0.2) is 60.9 Å².